The number of carbonyl (C=O) groups excluding carboxylic acids is 2. The first-order valence-corrected chi connectivity index (χ1v) is 8.04. The first kappa shape index (κ1) is 17.8. The number of esters is 1. The molecule has 2 aromatic carbocycles. The molecule has 2 amide bonds. The van der Waals surface area contributed by atoms with Crippen LogP contribution in [0.2, 0.25) is 5.02 Å². The third-order valence-electron chi connectivity index (χ3n) is 3.31. The molecule has 0 aromatic heterocycles. The van der Waals surface area contributed by atoms with Crippen LogP contribution in [-0.4, -0.2) is 25.2 Å². The molecule has 0 unspecified atom stereocenters. The van der Waals surface area contributed by atoms with Gasteiger partial charge in [-0.05, 0) is 37.1 Å². The molecule has 0 saturated carbocycles. The van der Waals surface area contributed by atoms with Gasteiger partial charge in [-0.15, -0.1) is 0 Å². The molecule has 24 heavy (non-hydrogen) atoms. The number of anilines is 1. The van der Waals surface area contributed by atoms with Gasteiger partial charge in [0.15, 0.2) is 0 Å². The van der Waals surface area contributed by atoms with E-state index < -0.39 is 5.97 Å². The Kier molecular flexibility index (Phi) is 6.63. The van der Waals surface area contributed by atoms with Crippen molar-refractivity contribution in [2.75, 3.05) is 18.5 Å². The summed E-state index contributed by atoms with van der Waals surface area (Å²) in [4.78, 5) is 23.9. The largest absolute Gasteiger partial charge is 0.462 e. The van der Waals surface area contributed by atoms with Gasteiger partial charge in [0.1, 0.15) is 0 Å². The molecule has 0 fully saturated rings. The first-order chi connectivity index (χ1) is 11.6. The van der Waals surface area contributed by atoms with Gasteiger partial charge < -0.3 is 15.4 Å². The molecule has 0 aliphatic rings. The number of amides is 2. The van der Waals surface area contributed by atoms with E-state index in [2.05, 4.69) is 10.6 Å². The Balaban J connectivity index is 1.91. The normalized spacial score (nSPS) is 10.1. The highest BCUT2D eigenvalue weighted by molar-refractivity contribution is 6.31. The minimum Gasteiger partial charge on any atom is -0.462 e. The number of ether oxygens (including phenoxy) is 1. The number of para-hydroxylation sites is 1. The second-order valence-corrected chi connectivity index (χ2v) is 5.40. The summed E-state index contributed by atoms with van der Waals surface area (Å²) >= 11 is 6.07. The Hall–Kier alpha value is -2.53. The summed E-state index contributed by atoms with van der Waals surface area (Å²) in [6, 6.07) is 13.8. The number of hydrogen-bond donors (Lipinski definition) is 2. The molecule has 0 aliphatic heterocycles. The molecule has 0 aliphatic carbocycles. The van der Waals surface area contributed by atoms with Crippen molar-refractivity contribution >= 4 is 29.3 Å². The fraction of sp³-hybridized carbons (Fsp3) is 0.222. The molecular formula is C18H19ClN2O3. The fourth-order valence-electron chi connectivity index (χ4n) is 2.16. The summed E-state index contributed by atoms with van der Waals surface area (Å²) in [6.45, 7) is 2.43. The second-order valence-electron chi connectivity index (χ2n) is 4.99. The highest BCUT2D eigenvalue weighted by Gasteiger charge is 2.13. The number of carbonyl (C=O) groups is 2. The standard InChI is InChI=1S/C18H19ClN2O3/c1-2-24-17(22)14-8-4-6-10-16(14)21-18(23)20-12-11-13-7-3-5-9-15(13)19/h3-10H,2,11-12H2,1H3,(H2,20,21,23). The smallest absolute Gasteiger partial charge is 0.340 e. The van der Waals surface area contributed by atoms with E-state index in [-0.39, 0.29) is 12.6 Å². The molecule has 0 saturated heterocycles. The molecule has 2 aromatic rings. The van der Waals surface area contributed by atoms with E-state index in [1.165, 1.54) is 0 Å². The molecular weight excluding hydrogens is 328 g/mol. The van der Waals surface area contributed by atoms with Crippen LogP contribution in [0.4, 0.5) is 10.5 Å². The quantitative estimate of drug-likeness (QED) is 0.780. The Morgan fingerprint density at radius 2 is 1.79 bits per heavy atom. The van der Waals surface area contributed by atoms with E-state index in [4.69, 9.17) is 16.3 Å². The van der Waals surface area contributed by atoms with Crippen molar-refractivity contribution < 1.29 is 14.3 Å². The second kappa shape index (κ2) is 8.93. The van der Waals surface area contributed by atoms with Crippen LogP contribution in [0, 0.1) is 0 Å². The van der Waals surface area contributed by atoms with Crippen molar-refractivity contribution in [3.05, 3.63) is 64.7 Å². The molecule has 0 radical (unpaired) electrons. The van der Waals surface area contributed by atoms with E-state index >= 15 is 0 Å². The SMILES string of the molecule is CCOC(=O)c1ccccc1NC(=O)NCCc1ccccc1Cl. The average Bonchev–Trinajstić information content (AvgIpc) is 2.57. The van der Waals surface area contributed by atoms with Crippen molar-refractivity contribution in [1.82, 2.24) is 5.32 Å². The van der Waals surface area contributed by atoms with Crippen LogP contribution in [-0.2, 0) is 11.2 Å². The van der Waals surface area contributed by atoms with Gasteiger partial charge in [-0.2, -0.15) is 0 Å². The van der Waals surface area contributed by atoms with Crippen LogP contribution in [0.1, 0.15) is 22.8 Å². The van der Waals surface area contributed by atoms with Crippen molar-refractivity contribution in [2.24, 2.45) is 0 Å². The van der Waals surface area contributed by atoms with Gasteiger partial charge in [-0.25, -0.2) is 9.59 Å². The Morgan fingerprint density at radius 1 is 1.08 bits per heavy atom. The van der Waals surface area contributed by atoms with E-state index in [9.17, 15) is 9.59 Å². The Morgan fingerprint density at radius 3 is 2.54 bits per heavy atom. The number of urea groups is 1. The highest BCUT2D eigenvalue weighted by Crippen LogP contribution is 2.17. The Labute approximate surface area is 146 Å². The van der Waals surface area contributed by atoms with E-state index in [0.29, 0.717) is 29.2 Å². The summed E-state index contributed by atoms with van der Waals surface area (Å²) in [5.74, 6) is -0.468. The molecule has 0 atom stereocenters. The molecule has 0 spiro atoms. The van der Waals surface area contributed by atoms with Crippen molar-refractivity contribution in [3.63, 3.8) is 0 Å². The van der Waals surface area contributed by atoms with Gasteiger partial charge in [-0.3, -0.25) is 0 Å². The van der Waals surface area contributed by atoms with Gasteiger partial charge >= 0.3 is 12.0 Å². The van der Waals surface area contributed by atoms with Gasteiger partial charge in [0.2, 0.25) is 0 Å². The van der Waals surface area contributed by atoms with Gasteiger partial charge in [0.05, 0.1) is 17.9 Å². The minimum absolute atomic E-state index is 0.275. The van der Waals surface area contributed by atoms with Crippen LogP contribution < -0.4 is 10.6 Å². The number of halogens is 1. The number of nitrogens with one attached hydrogen (secondary N) is 2. The van der Waals surface area contributed by atoms with E-state index in [1.807, 2.05) is 24.3 Å². The molecule has 0 heterocycles. The molecule has 5 nitrogen and oxygen atoms in total. The maximum absolute atomic E-state index is 12.0. The lowest BCUT2D eigenvalue weighted by Crippen LogP contribution is -2.31. The van der Waals surface area contributed by atoms with E-state index in [1.54, 1.807) is 31.2 Å². The van der Waals surface area contributed by atoms with Crippen LogP contribution in [0.5, 0.6) is 0 Å². The number of rotatable bonds is 6. The predicted molar refractivity (Wildman–Crippen MR) is 94.6 cm³/mol. The van der Waals surface area contributed by atoms with Gasteiger partial charge in [-0.1, -0.05) is 41.9 Å². The van der Waals surface area contributed by atoms with Crippen molar-refractivity contribution in [3.8, 4) is 0 Å². The topological polar surface area (TPSA) is 67.4 Å². The lowest BCUT2D eigenvalue weighted by Gasteiger charge is -2.11. The maximum Gasteiger partial charge on any atom is 0.340 e. The lowest BCUT2D eigenvalue weighted by molar-refractivity contribution is 0.0527. The van der Waals surface area contributed by atoms with E-state index in [0.717, 1.165) is 5.56 Å². The van der Waals surface area contributed by atoms with Crippen molar-refractivity contribution in [2.45, 2.75) is 13.3 Å². The maximum atomic E-state index is 12.0. The molecule has 2 N–H and O–H groups in total. The van der Waals surface area contributed by atoms with Gasteiger partial charge in [0.25, 0.3) is 0 Å². The zero-order valence-corrected chi connectivity index (χ0v) is 14.1. The van der Waals surface area contributed by atoms with Crippen molar-refractivity contribution in [1.29, 1.82) is 0 Å². The van der Waals surface area contributed by atoms with Crippen LogP contribution in [0.3, 0.4) is 0 Å². The van der Waals surface area contributed by atoms with Gasteiger partial charge in [0, 0.05) is 11.6 Å². The van der Waals surface area contributed by atoms with Crippen LogP contribution in [0.15, 0.2) is 48.5 Å². The highest BCUT2D eigenvalue weighted by atomic mass is 35.5. The lowest BCUT2D eigenvalue weighted by atomic mass is 10.1. The summed E-state index contributed by atoms with van der Waals surface area (Å²) in [5, 5.41) is 6.08. The predicted octanol–water partition coefficient (Wildman–Crippen LogP) is 3.88. The summed E-state index contributed by atoms with van der Waals surface area (Å²) in [6.07, 6.45) is 0.618. The monoisotopic (exact) mass is 346 g/mol. The molecule has 0 bridgehead atoms. The zero-order chi connectivity index (χ0) is 17.4. The average molecular weight is 347 g/mol. The third-order valence-corrected chi connectivity index (χ3v) is 3.68. The third kappa shape index (κ3) is 4.99. The molecule has 2 rings (SSSR count). The number of hydrogen-bond acceptors (Lipinski definition) is 3. The van der Waals surface area contributed by atoms with Crippen LogP contribution >= 0.6 is 11.6 Å². The summed E-state index contributed by atoms with van der Waals surface area (Å²) in [5.41, 5.74) is 1.69. The summed E-state index contributed by atoms with van der Waals surface area (Å²) < 4.78 is 4.98. The minimum atomic E-state index is -0.468. The molecule has 6 heteroatoms. The van der Waals surface area contributed by atoms with Crippen LogP contribution in [0.25, 0.3) is 0 Å². The number of benzene rings is 2. The zero-order valence-electron chi connectivity index (χ0n) is 13.3. The summed E-state index contributed by atoms with van der Waals surface area (Å²) in [7, 11) is 0. The first-order valence-electron chi connectivity index (χ1n) is 7.66. The fourth-order valence-corrected chi connectivity index (χ4v) is 2.39. The molecule has 126 valence electrons. The Bertz CT molecular complexity index is 719.